The van der Waals surface area contributed by atoms with Gasteiger partial charge < -0.3 is 0 Å². The third-order valence-corrected chi connectivity index (χ3v) is 5.21. The van der Waals surface area contributed by atoms with E-state index in [1.165, 1.54) is 4.46 Å². The topological polar surface area (TPSA) is 18.5 Å². The van der Waals surface area contributed by atoms with Crippen molar-refractivity contribution in [2.75, 3.05) is 13.2 Å². The third-order valence-electron chi connectivity index (χ3n) is 2.81. The third kappa shape index (κ3) is 6.17. The first-order valence-electron chi connectivity index (χ1n) is 6.96. The zero-order valence-corrected chi connectivity index (χ0v) is 13.7. The summed E-state index contributed by atoms with van der Waals surface area (Å²) in [5, 5.41) is 0.998. The van der Waals surface area contributed by atoms with Crippen LogP contribution in [0.15, 0.2) is 73.3 Å². The average Bonchev–Trinajstić information content (AvgIpc) is 2.56. The van der Waals surface area contributed by atoms with Gasteiger partial charge in [0.05, 0.1) is 0 Å². The van der Waals surface area contributed by atoms with Crippen molar-refractivity contribution in [3.63, 3.8) is 0 Å². The van der Waals surface area contributed by atoms with Crippen molar-refractivity contribution >= 4 is 19.4 Å². The molecule has 0 saturated carbocycles. The van der Waals surface area contributed by atoms with E-state index in [1.807, 2.05) is 36.4 Å². The molecule has 3 heteroatoms. The molecule has 0 aromatic heterocycles. The summed E-state index contributed by atoms with van der Waals surface area (Å²) < 4.78 is 13.0. The zero-order chi connectivity index (χ0) is 14.8. The first kappa shape index (κ1) is 15.8. The van der Waals surface area contributed by atoms with Crippen molar-refractivity contribution in [3.05, 3.63) is 73.3 Å². The fraction of sp³-hybridized carbons (Fsp3) is 0.222. The van der Waals surface area contributed by atoms with Crippen LogP contribution in [0.25, 0.3) is 0 Å². The molecule has 0 bridgehead atoms. The Balaban J connectivity index is 1.83. The maximum atomic E-state index is 5.81. The minimum absolute atomic E-state index is 0.100. The molecule has 0 heterocycles. The maximum absolute atomic E-state index is 5.81. The van der Waals surface area contributed by atoms with Gasteiger partial charge in [0, 0.05) is 0 Å². The molecule has 0 fully saturated rings. The Morgan fingerprint density at radius 2 is 1.67 bits per heavy atom. The van der Waals surface area contributed by atoms with E-state index in [9.17, 15) is 0 Å². The van der Waals surface area contributed by atoms with Crippen molar-refractivity contribution in [1.82, 2.24) is 0 Å². The van der Waals surface area contributed by atoms with Crippen LogP contribution in [-0.2, 0) is 4.74 Å². The predicted octanol–water partition coefficient (Wildman–Crippen LogP) is 3.08. The number of ether oxygens (including phenoxy) is 2. The average molecular weight is 347 g/mol. The Morgan fingerprint density at radius 3 is 2.33 bits per heavy atom. The van der Waals surface area contributed by atoms with Crippen molar-refractivity contribution < 1.29 is 9.47 Å². The standard InChI is InChI=1S/C18H20O2Se/c1-2-13-19-17(14-20-16-9-5-3-6-10-16)15-21-18-11-7-4-8-12-18/h2-12,17H,1,13-15H2. The summed E-state index contributed by atoms with van der Waals surface area (Å²) in [5.41, 5.74) is 0. The normalized spacial score (nSPS) is 11.8. The molecule has 0 amide bonds. The second-order valence-corrected chi connectivity index (χ2v) is 6.79. The second kappa shape index (κ2) is 9.41. The predicted molar refractivity (Wildman–Crippen MR) is 88.5 cm³/mol. The van der Waals surface area contributed by atoms with E-state index in [1.54, 1.807) is 6.08 Å². The summed E-state index contributed by atoms with van der Waals surface area (Å²) >= 11 is 0.396. The molecule has 0 saturated heterocycles. The Morgan fingerprint density at radius 1 is 1.00 bits per heavy atom. The van der Waals surface area contributed by atoms with Crippen LogP contribution < -0.4 is 9.20 Å². The van der Waals surface area contributed by atoms with E-state index in [2.05, 4.69) is 30.8 Å². The van der Waals surface area contributed by atoms with Crippen LogP contribution in [0.4, 0.5) is 0 Å². The molecule has 2 aromatic carbocycles. The van der Waals surface area contributed by atoms with Crippen molar-refractivity contribution in [2.24, 2.45) is 0 Å². The van der Waals surface area contributed by atoms with Gasteiger partial charge in [-0.05, 0) is 0 Å². The van der Waals surface area contributed by atoms with Crippen molar-refractivity contribution in [2.45, 2.75) is 11.4 Å². The molecule has 0 radical (unpaired) electrons. The summed E-state index contributed by atoms with van der Waals surface area (Å²) in [6.45, 7) is 4.85. The van der Waals surface area contributed by atoms with Crippen LogP contribution in [0.5, 0.6) is 5.75 Å². The fourth-order valence-electron chi connectivity index (χ4n) is 1.76. The van der Waals surface area contributed by atoms with Gasteiger partial charge in [-0.25, -0.2) is 0 Å². The summed E-state index contributed by atoms with van der Waals surface area (Å²) in [6.07, 6.45) is 1.88. The molecule has 0 aliphatic carbocycles. The number of benzene rings is 2. The van der Waals surface area contributed by atoms with Crippen LogP contribution in [0.1, 0.15) is 0 Å². The van der Waals surface area contributed by atoms with Gasteiger partial charge >= 0.3 is 133 Å². The van der Waals surface area contributed by atoms with E-state index < -0.39 is 0 Å². The SMILES string of the molecule is C=CCOC(COc1ccccc1)C[Se]c1ccccc1. The van der Waals surface area contributed by atoms with Crippen LogP contribution in [0, 0.1) is 0 Å². The number of hydrogen-bond acceptors (Lipinski definition) is 2. The van der Waals surface area contributed by atoms with E-state index >= 15 is 0 Å². The molecule has 2 rings (SSSR count). The Hall–Kier alpha value is -1.54. The molecule has 110 valence electrons. The Bertz CT molecular complexity index is 470. The molecular weight excluding hydrogens is 327 g/mol. The molecule has 0 aliphatic heterocycles. The molecule has 1 atom stereocenters. The summed E-state index contributed by atoms with van der Waals surface area (Å²) in [5.74, 6) is 0.886. The molecule has 21 heavy (non-hydrogen) atoms. The quantitative estimate of drug-likeness (QED) is 0.513. The first-order valence-corrected chi connectivity index (χ1v) is 9.03. The van der Waals surface area contributed by atoms with E-state index in [-0.39, 0.29) is 6.10 Å². The molecule has 1 unspecified atom stereocenters. The van der Waals surface area contributed by atoms with Crippen LogP contribution in [0.2, 0.25) is 5.32 Å². The zero-order valence-electron chi connectivity index (χ0n) is 12.0. The van der Waals surface area contributed by atoms with Crippen molar-refractivity contribution in [3.8, 4) is 5.75 Å². The van der Waals surface area contributed by atoms with E-state index in [0.29, 0.717) is 28.2 Å². The summed E-state index contributed by atoms with van der Waals surface area (Å²) in [6, 6.07) is 20.4. The van der Waals surface area contributed by atoms with Crippen molar-refractivity contribution in [1.29, 1.82) is 0 Å². The Kier molecular flexibility index (Phi) is 7.09. The molecule has 0 spiro atoms. The second-order valence-electron chi connectivity index (χ2n) is 4.49. The minimum atomic E-state index is 0.100. The van der Waals surface area contributed by atoms with Gasteiger partial charge in [-0.2, -0.15) is 0 Å². The van der Waals surface area contributed by atoms with Gasteiger partial charge in [-0.15, -0.1) is 0 Å². The van der Waals surface area contributed by atoms with E-state index in [0.717, 1.165) is 11.1 Å². The first-order chi connectivity index (χ1) is 10.4. The summed E-state index contributed by atoms with van der Waals surface area (Å²) in [7, 11) is 0. The molecule has 2 aromatic rings. The van der Waals surface area contributed by atoms with Crippen LogP contribution in [0.3, 0.4) is 0 Å². The van der Waals surface area contributed by atoms with Gasteiger partial charge in [0.15, 0.2) is 0 Å². The fourth-order valence-corrected chi connectivity index (χ4v) is 3.69. The van der Waals surface area contributed by atoms with Gasteiger partial charge in [0.1, 0.15) is 0 Å². The van der Waals surface area contributed by atoms with Gasteiger partial charge in [-0.3, -0.25) is 0 Å². The van der Waals surface area contributed by atoms with Crippen LogP contribution >= 0.6 is 0 Å². The number of para-hydroxylation sites is 1. The van der Waals surface area contributed by atoms with E-state index in [4.69, 9.17) is 9.47 Å². The molecule has 0 N–H and O–H groups in total. The van der Waals surface area contributed by atoms with Gasteiger partial charge in [0.25, 0.3) is 0 Å². The van der Waals surface area contributed by atoms with Gasteiger partial charge in [0.2, 0.25) is 0 Å². The summed E-state index contributed by atoms with van der Waals surface area (Å²) in [4.78, 5) is 0. The Labute approximate surface area is 132 Å². The number of rotatable bonds is 9. The molecule has 2 nitrogen and oxygen atoms in total. The number of hydrogen-bond donors (Lipinski definition) is 0. The monoisotopic (exact) mass is 348 g/mol. The molecule has 0 aliphatic rings. The van der Waals surface area contributed by atoms with Crippen LogP contribution in [-0.4, -0.2) is 34.3 Å². The molecular formula is C18H20O2Se. The van der Waals surface area contributed by atoms with Gasteiger partial charge in [-0.1, -0.05) is 0 Å².